The molecule has 1 amide bonds. The zero-order valence-corrected chi connectivity index (χ0v) is 11.5. The first-order valence-electron chi connectivity index (χ1n) is 6.64. The molecule has 1 atom stereocenters. The Kier molecular flexibility index (Phi) is 4.84. The number of nitrogens with two attached hydrogens (primary N) is 1. The molecule has 0 fully saturated rings. The van der Waals surface area contributed by atoms with Gasteiger partial charge < -0.3 is 11.1 Å². The van der Waals surface area contributed by atoms with Crippen LogP contribution in [0.15, 0.2) is 36.9 Å². The van der Waals surface area contributed by atoms with Crippen molar-refractivity contribution in [2.75, 3.05) is 5.32 Å². The molecule has 0 saturated heterocycles. The molecule has 2 rings (SSSR count). The molecule has 0 radical (unpaired) electrons. The SMILES string of the molecule is CCC(N)CC(=O)Nc1ccc(Cn2cncn2)cc1. The van der Waals surface area contributed by atoms with Crippen molar-refractivity contribution in [1.29, 1.82) is 0 Å². The molecule has 1 heterocycles. The Morgan fingerprint density at radius 1 is 1.40 bits per heavy atom. The van der Waals surface area contributed by atoms with Gasteiger partial charge in [0.1, 0.15) is 12.7 Å². The molecule has 106 valence electrons. The van der Waals surface area contributed by atoms with Gasteiger partial charge in [-0.15, -0.1) is 0 Å². The Morgan fingerprint density at radius 2 is 2.15 bits per heavy atom. The summed E-state index contributed by atoms with van der Waals surface area (Å²) in [4.78, 5) is 15.6. The first-order valence-corrected chi connectivity index (χ1v) is 6.64. The fraction of sp³-hybridized carbons (Fsp3) is 0.357. The molecule has 1 aromatic carbocycles. The number of nitrogens with zero attached hydrogens (tertiary/aromatic N) is 3. The maximum absolute atomic E-state index is 11.7. The van der Waals surface area contributed by atoms with Gasteiger partial charge in [0.25, 0.3) is 0 Å². The summed E-state index contributed by atoms with van der Waals surface area (Å²) >= 11 is 0. The summed E-state index contributed by atoms with van der Waals surface area (Å²) < 4.78 is 1.74. The van der Waals surface area contributed by atoms with Crippen molar-refractivity contribution in [2.45, 2.75) is 32.4 Å². The van der Waals surface area contributed by atoms with Crippen molar-refractivity contribution in [1.82, 2.24) is 14.8 Å². The summed E-state index contributed by atoms with van der Waals surface area (Å²) in [7, 11) is 0. The molecule has 3 N–H and O–H groups in total. The first kappa shape index (κ1) is 14.2. The Labute approximate surface area is 118 Å². The summed E-state index contributed by atoms with van der Waals surface area (Å²) in [5.74, 6) is -0.0524. The molecule has 0 bridgehead atoms. The quantitative estimate of drug-likeness (QED) is 0.832. The van der Waals surface area contributed by atoms with Gasteiger partial charge in [-0.3, -0.25) is 4.79 Å². The van der Waals surface area contributed by atoms with Crippen LogP contribution in [0.2, 0.25) is 0 Å². The third-order valence-electron chi connectivity index (χ3n) is 3.02. The van der Waals surface area contributed by atoms with Crippen LogP contribution in [0, 0.1) is 0 Å². The zero-order chi connectivity index (χ0) is 14.4. The van der Waals surface area contributed by atoms with Crippen molar-refractivity contribution < 1.29 is 4.79 Å². The molecule has 20 heavy (non-hydrogen) atoms. The second kappa shape index (κ2) is 6.81. The van der Waals surface area contributed by atoms with E-state index in [-0.39, 0.29) is 11.9 Å². The Balaban J connectivity index is 1.89. The summed E-state index contributed by atoms with van der Waals surface area (Å²) in [6, 6.07) is 7.58. The van der Waals surface area contributed by atoms with Gasteiger partial charge in [0.05, 0.1) is 6.54 Å². The highest BCUT2D eigenvalue weighted by molar-refractivity contribution is 5.91. The molecule has 0 aliphatic heterocycles. The van der Waals surface area contributed by atoms with Crippen molar-refractivity contribution in [2.24, 2.45) is 5.73 Å². The van der Waals surface area contributed by atoms with E-state index < -0.39 is 0 Å². The average molecular weight is 273 g/mol. The number of anilines is 1. The lowest BCUT2D eigenvalue weighted by molar-refractivity contribution is -0.116. The number of nitrogens with one attached hydrogen (secondary N) is 1. The van der Waals surface area contributed by atoms with Crippen LogP contribution in [0.25, 0.3) is 0 Å². The van der Waals surface area contributed by atoms with Crippen molar-refractivity contribution in [3.05, 3.63) is 42.5 Å². The zero-order valence-electron chi connectivity index (χ0n) is 11.5. The normalized spacial score (nSPS) is 12.1. The minimum Gasteiger partial charge on any atom is -0.327 e. The number of amides is 1. The molecule has 1 unspecified atom stereocenters. The number of carbonyl (C=O) groups excluding carboxylic acids is 1. The van der Waals surface area contributed by atoms with Gasteiger partial charge in [0.15, 0.2) is 0 Å². The van der Waals surface area contributed by atoms with Crippen molar-refractivity contribution >= 4 is 11.6 Å². The predicted molar refractivity (Wildman–Crippen MR) is 77.1 cm³/mol. The molecule has 6 heteroatoms. The van der Waals surface area contributed by atoms with Gasteiger partial charge in [-0.05, 0) is 24.1 Å². The minimum absolute atomic E-state index is 0.0524. The second-order valence-electron chi connectivity index (χ2n) is 4.71. The van der Waals surface area contributed by atoms with E-state index in [9.17, 15) is 4.79 Å². The Hall–Kier alpha value is -2.21. The highest BCUT2D eigenvalue weighted by atomic mass is 16.1. The Bertz CT molecular complexity index is 535. The first-order chi connectivity index (χ1) is 9.67. The third-order valence-corrected chi connectivity index (χ3v) is 3.02. The fourth-order valence-electron chi connectivity index (χ4n) is 1.79. The van der Waals surface area contributed by atoms with Crippen molar-refractivity contribution in [3.63, 3.8) is 0 Å². The predicted octanol–water partition coefficient (Wildman–Crippen LogP) is 1.39. The largest absolute Gasteiger partial charge is 0.327 e. The van der Waals surface area contributed by atoms with Gasteiger partial charge in [-0.25, -0.2) is 9.67 Å². The minimum atomic E-state index is -0.0819. The fourth-order valence-corrected chi connectivity index (χ4v) is 1.79. The van der Waals surface area contributed by atoms with E-state index in [1.807, 2.05) is 31.2 Å². The van der Waals surface area contributed by atoms with Crippen LogP contribution in [0.4, 0.5) is 5.69 Å². The number of hydrogen-bond acceptors (Lipinski definition) is 4. The van der Waals surface area contributed by atoms with Crippen LogP contribution < -0.4 is 11.1 Å². The van der Waals surface area contributed by atoms with E-state index >= 15 is 0 Å². The number of aromatic nitrogens is 3. The number of carbonyl (C=O) groups is 1. The Morgan fingerprint density at radius 3 is 2.75 bits per heavy atom. The monoisotopic (exact) mass is 273 g/mol. The molecular formula is C14H19N5O. The molecule has 2 aromatic rings. The van der Waals surface area contributed by atoms with E-state index in [4.69, 9.17) is 5.73 Å². The number of benzene rings is 1. The summed E-state index contributed by atoms with van der Waals surface area (Å²) in [5, 5.41) is 6.89. The molecule has 0 aliphatic rings. The van der Waals surface area contributed by atoms with Crippen LogP contribution in [0.5, 0.6) is 0 Å². The maximum Gasteiger partial charge on any atom is 0.225 e. The van der Waals surface area contributed by atoms with E-state index in [1.54, 1.807) is 11.0 Å². The van der Waals surface area contributed by atoms with Crippen LogP contribution in [0.3, 0.4) is 0 Å². The van der Waals surface area contributed by atoms with Crippen LogP contribution in [-0.2, 0) is 11.3 Å². The molecule has 6 nitrogen and oxygen atoms in total. The lowest BCUT2D eigenvalue weighted by Crippen LogP contribution is -2.26. The summed E-state index contributed by atoms with van der Waals surface area (Å²) in [6.45, 7) is 2.63. The summed E-state index contributed by atoms with van der Waals surface area (Å²) in [6.07, 6.45) is 4.31. The van der Waals surface area contributed by atoms with Crippen LogP contribution in [0.1, 0.15) is 25.3 Å². The smallest absolute Gasteiger partial charge is 0.225 e. The van der Waals surface area contributed by atoms with Gasteiger partial charge in [0.2, 0.25) is 5.91 Å². The highest BCUT2D eigenvalue weighted by Gasteiger charge is 2.07. The molecular weight excluding hydrogens is 254 g/mol. The van der Waals surface area contributed by atoms with Crippen molar-refractivity contribution in [3.8, 4) is 0 Å². The van der Waals surface area contributed by atoms with Gasteiger partial charge in [0, 0.05) is 18.2 Å². The van der Waals surface area contributed by atoms with Crippen LogP contribution in [-0.4, -0.2) is 26.7 Å². The maximum atomic E-state index is 11.7. The molecule has 0 spiro atoms. The van der Waals surface area contributed by atoms with E-state index in [0.29, 0.717) is 13.0 Å². The number of hydrogen-bond donors (Lipinski definition) is 2. The number of rotatable bonds is 6. The van der Waals surface area contributed by atoms with Gasteiger partial charge >= 0.3 is 0 Å². The van der Waals surface area contributed by atoms with E-state index in [1.165, 1.54) is 6.33 Å². The van der Waals surface area contributed by atoms with Crippen LogP contribution >= 0.6 is 0 Å². The van der Waals surface area contributed by atoms with Gasteiger partial charge in [-0.1, -0.05) is 19.1 Å². The standard InChI is InChI=1S/C14H19N5O/c1-2-12(15)7-14(20)18-13-5-3-11(4-6-13)8-19-10-16-9-17-19/h3-6,9-10,12H,2,7-8,15H2,1H3,(H,18,20). The molecule has 0 saturated carbocycles. The van der Waals surface area contributed by atoms with E-state index in [2.05, 4.69) is 15.4 Å². The molecule has 1 aromatic heterocycles. The topological polar surface area (TPSA) is 85.8 Å². The lowest BCUT2D eigenvalue weighted by Gasteiger charge is -2.10. The van der Waals surface area contributed by atoms with Gasteiger partial charge in [-0.2, -0.15) is 5.10 Å². The highest BCUT2D eigenvalue weighted by Crippen LogP contribution is 2.11. The molecule has 0 aliphatic carbocycles. The summed E-state index contributed by atoms with van der Waals surface area (Å²) in [5.41, 5.74) is 7.63. The van der Waals surface area contributed by atoms with E-state index in [0.717, 1.165) is 17.7 Å². The second-order valence-corrected chi connectivity index (χ2v) is 4.71. The third kappa shape index (κ3) is 4.17. The average Bonchev–Trinajstić information content (AvgIpc) is 2.93. The lowest BCUT2D eigenvalue weighted by atomic mass is 10.1.